The Morgan fingerprint density at radius 1 is 0.582 bits per heavy atom. The SMILES string of the molecule is C.C.C.C[C@@H]1COCCN1c1cc(Cl)nc(Cl)n1.Cc1ccc(S(=O)(=O)n2ccc3c(-c4nc(Cl)cc(N5CCOC[C@H]5C)n4)ccnc32)cc1.Cc1ccc(S(=O)(=O)n2ccc3c(B4OC(C)(C)C(C)(C)O4)ccnc32)cc1. The van der Waals surface area contributed by atoms with Crippen LogP contribution in [0, 0.1) is 13.8 Å². The Labute approximate surface area is 479 Å². The molecule has 3 fully saturated rings. The number of aryl methyl sites for hydroxylation is 2. The Morgan fingerprint density at radius 2 is 1.03 bits per heavy atom. The summed E-state index contributed by atoms with van der Waals surface area (Å²) in [5.41, 5.74) is 3.09. The zero-order valence-electron chi connectivity index (χ0n) is 43.1. The quantitative estimate of drug-likeness (QED) is 0.0790. The van der Waals surface area contributed by atoms with Crippen LogP contribution in [0.3, 0.4) is 0 Å². The van der Waals surface area contributed by atoms with E-state index in [1.165, 1.54) is 20.3 Å². The van der Waals surface area contributed by atoms with E-state index in [0.29, 0.717) is 82.6 Å². The molecule has 6 aromatic heterocycles. The fourth-order valence-electron chi connectivity index (χ4n) is 8.79. The van der Waals surface area contributed by atoms with Crippen LogP contribution in [0.15, 0.2) is 120 Å². The van der Waals surface area contributed by atoms with Gasteiger partial charge in [-0.15, -0.1) is 0 Å². The van der Waals surface area contributed by atoms with Gasteiger partial charge in [0.1, 0.15) is 21.9 Å². The van der Waals surface area contributed by atoms with Crippen LogP contribution in [0.25, 0.3) is 33.5 Å². The maximum atomic E-state index is 13.3. The average molecular weight is 1180 g/mol. The molecule has 2 atom stereocenters. The third-order valence-corrected chi connectivity index (χ3v) is 17.6. The van der Waals surface area contributed by atoms with Gasteiger partial charge in [0, 0.05) is 66.3 Å². The van der Waals surface area contributed by atoms with Crippen LogP contribution >= 0.6 is 34.8 Å². The van der Waals surface area contributed by atoms with Crippen LogP contribution in [-0.2, 0) is 38.8 Å². The van der Waals surface area contributed by atoms with Crippen molar-refractivity contribution in [3.8, 4) is 11.4 Å². The van der Waals surface area contributed by atoms with Gasteiger partial charge in [-0.1, -0.05) is 80.9 Å². The second-order valence-electron chi connectivity index (χ2n) is 19.6. The van der Waals surface area contributed by atoms with Gasteiger partial charge in [0.2, 0.25) is 5.28 Å². The van der Waals surface area contributed by atoms with Gasteiger partial charge in [0.05, 0.1) is 59.5 Å². The Balaban J connectivity index is 0.000000199. The minimum atomic E-state index is -3.81. The molecule has 3 aliphatic heterocycles. The number of halogens is 3. The summed E-state index contributed by atoms with van der Waals surface area (Å²) < 4.78 is 78.3. The molecular weight excluding hydrogens is 1110 g/mol. The van der Waals surface area contributed by atoms with Crippen molar-refractivity contribution in [3.63, 3.8) is 0 Å². The summed E-state index contributed by atoms with van der Waals surface area (Å²) in [5, 5.41) is 2.17. The summed E-state index contributed by atoms with van der Waals surface area (Å²) in [7, 11) is -8.16. The maximum Gasteiger partial charge on any atom is 0.495 e. The fourth-order valence-corrected chi connectivity index (χ4v) is 12.0. The van der Waals surface area contributed by atoms with Gasteiger partial charge in [0.25, 0.3) is 20.0 Å². The van der Waals surface area contributed by atoms with Crippen molar-refractivity contribution in [2.24, 2.45) is 0 Å². The number of hydrogen-bond donors (Lipinski definition) is 0. The number of anilines is 2. The van der Waals surface area contributed by atoms with Gasteiger partial charge < -0.3 is 28.6 Å². The number of aromatic nitrogens is 8. The van der Waals surface area contributed by atoms with E-state index in [0.717, 1.165) is 29.0 Å². The third kappa shape index (κ3) is 13.1. The van der Waals surface area contributed by atoms with Crippen LogP contribution in [0.1, 0.15) is 74.9 Å². The van der Waals surface area contributed by atoms with Crippen LogP contribution in [0.5, 0.6) is 0 Å². The normalized spacial score (nSPS) is 17.8. The van der Waals surface area contributed by atoms with Crippen LogP contribution in [0.4, 0.5) is 11.6 Å². The summed E-state index contributed by atoms with van der Waals surface area (Å²) in [4.78, 5) is 30.5. The molecule has 18 nitrogen and oxygen atoms in total. The largest absolute Gasteiger partial charge is 0.495 e. The fraction of sp³-hybridized carbons (Fsp3) is 0.382. The van der Waals surface area contributed by atoms with Crippen molar-refractivity contribution < 1.29 is 35.6 Å². The highest BCUT2D eigenvalue weighted by atomic mass is 35.5. The van der Waals surface area contributed by atoms with E-state index in [-0.39, 0.29) is 49.4 Å². The van der Waals surface area contributed by atoms with E-state index < -0.39 is 38.4 Å². The van der Waals surface area contributed by atoms with Crippen LogP contribution < -0.4 is 15.3 Å². The standard InChI is InChI=1S/C23H22ClN5O3S.C20H23BN2O4S.C9H11Cl2N3O.3CH4/c1-15-3-5-17(6-4-15)33(30,31)29-10-8-19-18(7-9-25-23(19)29)22-26-20(24)13-21(27-22)28-11-12-32-14-16(28)2;1-14-6-8-15(9-7-14)28(24,25)23-13-11-16-17(10-12-22-18(16)23)21-26-19(2,3)20(4,5)27-21;1-6-5-15-3-2-14(6)8-4-7(10)12-9(11)13-8;;;/h3-10,13,16H,11-12,14H2,1-2H3;6-13H,1-5H3;4,6H,2-3,5H2,1H3;3*1H4/t16-;;6-;;;/m1.1.../s1. The van der Waals surface area contributed by atoms with Crippen molar-refractivity contribution in [3.05, 3.63) is 136 Å². The number of rotatable bonds is 8. The first kappa shape index (κ1) is 62.5. The highest BCUT2D eigenvalue weighted by Crippen LogP contribution is 2.37. The first-order chi connectivity index (χ1) is 36.0. The molecule has 24 heteroatoms. The lowest BCUT2D eigenvalue weighted by atomic mass is 9.78. The zero-order valence-corrected chi connectivity index (χ0v) is 47.0. The average Bonchev–Trinajstić information content (AvgIpc) is 4.20. The first-order valence-corrected chi connectivity index (χ1v) is 28.4. The van der Waals surface area contributed by atoms with Gasteiger partial charge in [-0.05, 0) is 121 Å². The molecule has 422 valence electrons. The van der Waals surface area contributed by atoms with E-state index in [2.05, 4.69) is 48.6 Å². The Morgan fingerprint density at radius 3 is 1.51 bits per heavy atom. The number of benzene rings is 2. The molecule has 0 amide bonds. The smallest absolute Gasteiger partial charge is 0.399 e. The molecule has 0 bridgehead atoms. The van der Waals surface area contributed by atoms with Gasteiger partial charge in [-0.25, -0.2) is 54.7 Å². The van der Waals surface area contributed by atoms with E-state index in [4.69, 9.17) is 58.6 Å². The molecule has 0 spiro atoms. The predicted octanol–water partition coefficient (Wildman–Crippen LogP) is 10.7. The minimum Gasteiger partial charge on any atom is -0.399 e. The maximum absolute atomic E-state index is 13.3. The third-order valence-electron chi connectivity index (χ3n) is 13.7. The molecule has 0 N–H and O–H groups in total. The molecular formula is C55H68BCl3N10O8S2. The van der Waals surface area contributed by atoms with Crippen LogP contribution in [-0.4, -0.2) is 125 Å². The number of pyridine rings is 2. The summed E-state index contributed by atoms with van der Waals surface area (Å²) in [5.74, 6) is 1.88. The molecule has 0 unspecified atom stereocenters. The van der Waals surface area contributed by atoms with Gasteiger partial charge in [-0.2, -0.15) is 0 Å². The van der Waals surface area contributed by atoms with Gasteiger partial charge >= 0.3 is 7.12 Å². The van der Waals surface area contributed by atoms with E-state index in [9.17, 15) is 16.8 Å². The highest BCUT2D eigenvalue weighted by Gasteiger charge is 2.52. The Bertz CT molecular complexity index is 3610. The number of hydrogen-bond acceptors (Lipinski definition) is 16. The molecule has 2 aromatic carbocycles. The Hall–Kier alpha value is -5.75. The molecule has 0 aliphatic carbocycles. The summed E-state index contributed by atoms with van der Waals surface area (Å²) in [6.07, 6.45) is 6.18. The number of nitrogens with zero attached hydrogens (tertiary/aromatic N) is 10. The molecule has 8 aromatic rings. The van der Waals surface area contributed by atoms with Crippen LogP contribution in [0.2, 0.25) is 15.6 Å². The summed E-state index contributed by atoms with van der Waals surface area (Å²) in [6, 6.07) is 24.4. The van der Waals surface area contributed by atoms with Gasteiger partial charge in [-0.3, -0.25) is 0 Å². The molecule has 0 radical (unpaired) electrons. The van der Waals surface area contributed by atoms with Gasteiger partial charge in [0.15, 0.2) is 17.1 Å². The summed E-state index contributed by atoms with van der Waals surface area (Å²) >= 11 is 17.9. The molecule has 11 rings (SSSR count). The molecule has 79 heavy (non-hydrogen) atoms. The number of ether oxygens (including phenoxy) is 2. The van der Waals surface area contributed by atoms with E-state index >= 15 is 0 Å². The van der Waals surface area contributed by atoms with E-state index in [1.54, 1.807) is 91.3 Å². The Kier molecular flexibility index (Phi) is 19.7. The van der Waals surface area contributed by atoms with Crippen molar-refractivity contribution in [2.45, 2.75) is 111 Å². The number of morpholine rings is 2. The second kappa shape index (κ2) is 25.0. The topological polar surface area (TPSA) is 199 Å². The lowest BCUT2D eigenvalue weighted by Gasteiger charge is -2.34. The second-order valence-corrected chi connectivity index (χ2v) is 24.3. The predicted molar refractivity (Wildman–Crippen MR) is 316 cm³/mol. The number of fused-ring (bicyclic) bond motifs is 2. The molecule has 3 saturated heterocycles. The first-order valence-electron chi connectivity index (χ1n) is 24.4. The lowest BCUT2D eigenvalue weighted by Crippen LogP contribution is -2.44. The molecule has 0 saturated carbocycles. The van der Waals surface area contributed by atoms with E-state index in [1.807, 2.05) is 47.6 Å². The van der Waals surface area contributed by atoms with Crippen molar-refractivity contribution >= 4 is 101 Å². The minimum absolute atomic E-state index is 0. The van der Waals surface area contributed by atoms with Crippen molar-refractivity contribution in [1.29, 1.82) is 0 Å². The monoisotopic (exact) mass is 1180 g/mol. The molecule has 9 heterocycles. The lowest BCUT2D eigenvalue weighted by molar-refractivity contribution is 0.00578. The van der Waals surface area contributed by atoms with Crippen molar-refractivity contribution in [1.82, 2.24) is 37.8 Å². The van der Waals surface area contributed by atoms with Crippen molar-refractivity contribution in [2.75, 3.05) is 49.3 Å². The highest BCUT2D eigenvalue weighted by molar-refractivity contribution is 7.90. The summed E-state index contributed by atoms with van der Waals surface area (Å²) in [6.45, 7) is 20.0. The zero-order chi connectivity index (χ0) is 54.3. The molecule has 3 aliphatic rings.